The van der Waals surface area contributed by atoms with Gasteiger partial charge in [-0.3, -0.25) is 4.79 Å². The molecule has 2 rings (SSSR count). The van der Waals surface area contributed by atoms with Crippen molar-refractivity contribution in [2.45, 2.75) is 18.9 Å². The van der Waals surface area contributed by atoms with Crippen LogP contribution < -0.4 is 5.32 Å². The van der Waals surface area contributed by atoms with Gasteiger partial charge in [-0.15, -0.1) is 0 Å². The van der Waals surface area contributed by atoms with E-state index in [2.05, 4.69) is 5.32 Å². The van der Waals surface area contributed by atoms with E-state index in [0.29, 0.717) is 13.2 Å². The van der Waals surface area contributed by atoms with Crippen molar-refractivity contribution in [2.24, 2.45) is 0 Å². The maximum atomic E-state index is 12.1. The van der Waals surface area contributed by atoms with Gasteiger partial charge in [-0.1, -0.05) is 23.2 Å². The average molecular weight is 290 g/mol. The summed E-state index contributed by atoms with van der Waals surface area (Å²) in [6.07, 6.45) is 0.727. The minimum Gasteiger partial charge on any atom is -0.507 e. The molecule has 1 aromatic carbocycles. The van der Waals surface area contributed by atoms with Crippen LogP contribution in [0, 0.1) is 0 Å². The second kappa shape index (κ2) is 4.96. The van der Waals surface area contributed by atoms with Gasteiger partial charge < -0.3 is 15.2 Å². The van der Waals surface area contributed by atoms with Crippen molar-refractivity contribution < 1.29 is 14.6 Å². The van der Waals surface area contributed by atoms with Crippen LogP contribution in [0.1, 0.15) is 23.7 Å². The van der Waals surface area contributed by atoms with Crippen molar-refractivity contribution in [3.8, 4) is 5.75 Å². The van der Waals surface area contributed by atoms with Crippen LogP contribution in [0.3, 0.4) is 0 Å². The van der Waals surface area contributed by atoms with Crippen LogP contribution in [0.5, 0.6) is 5.75 Å². The highest BCUT2D eigenvalue weighted by Gasteiger charge is 2.32. The van der Waals surface area contributed by atoms with E-state index in [-0.39, 0.29) is 21.4 Å². The lowest BCUT2D eigenvalue weighted by Gasteiger charge is -2.24. The molecule has 4 nitrogen and oxygen atoms in total. The van der Waals surface area contributed by atoms with Gasteiger partial charge >= 0.3 is 0 Å². The Morgan fingerprint density at radius 3 is 2.78 bits per heavy atom. The van der Waals surface area contributed by atoms with Crippen molar-refractivity contribution in [3.05, 3.63) is 27.7 Å². The third kappa shape index (κ3) is 2.71. The van der Waals surface area contributed by atoms with Gasteiger partial charge in [0, 0.05) is 11.6 Å². The summed E-state index contributed by atoms with van der Waals surface area (Å²) in [4.78, 5) is 12.1. The smallest absolute Gasteiger partial charge is 0.257 e. The minimum absolute atomic E-state index is 0.0363. The summed E-state index contributed by atoms with van der Waals surface area (Å²) >= 11 is 11.7. The average Bonchev–Trinajstić information content (AvgIpc) is 2.62. The Balaban J connectivity index is 2.24. The zero-order valence-electron chi connectivity index (χ0n) is 9.80. The second-order valence-corrected chi connectivity index (χ2v) is 5.44. The van der Waals surface area contributed by atoms with E-state index in [1.54, 1.807) is 0 Å². The number of nitrogens with one attached hydrogen (secondary N) is 1. The number of halogens is 2. The highest BCUT2D eigenvalue weighted by atomic mass is 35.5. The fourth-order valence-electron chi connectivity index (χ4n) is 1.89. The lowest BCUT2D eigenvalue weighted by atomic mass is 10.0. The molecule has 98 valence electrons. The molecule has 1 aliphatic rings. The van der Waals surface area contributed by atoms with Gasteiger partial charge in [0.25, 0.3) is 5.91 Å². The topological polar surface area (TPSA) is 58.6 Å². The Morgan fingerprint density at radius 2 is 2.22 bits per heavy atom. The van der Waals surface area contributed by atoms with Crippen LogP contribution in [0.15, 0.2) is 12.1 Å². The molecule has 1 atom stereocenters. The summed E-state index contributed by atoms with van der Waals surface area (Å²) in [5.41, 5.74) is -0.388. The van der Waals surface area contributed by atoms with Crippen molar-refractivity contribution in [3.63, 3.8) is 0 Å². The molecule has 0 spiro atoms. The summed E-state index contributed by atoms with van der Waals surface area (Å²) in [7, 11) is 0. The number of rotatable bonds is 2. The molecule has 0 unspecified atom stereocenters. The first-order valence-corrected chi connectivity index (χ1v) is 6.25. The van der Waals surface area contributed by atoms with Crippen LogP contribution in [0.2, 0.25) is 10.0 Å². The van der Waals surface area contributed by atoms with Crippen molar-refractivity contribution >= 4 is 29.1 Å². The molecule has 0 aromatic heterocycles. The predicted octanol–water partition coefficient (Wildman–Crippen LogP) is 2.61. The van der Waals surface area contributed by atoms with Crippen molar-refractivity contribution in [1.29, 1.82) is 0 Å². The first-order chi connectivity index (χ1) is 8.41. The van der Waals surface area contributed by atoms with Crippen LogP contribution in [-0.4, -0.2) is 29.8 Å². The maximum absolute atomic E-state index is 12.1. The van der Waals surface area contributed by atoms with Gasteiger partial charge in [0.1, 0.15) is 5.75 Å². The van der Waals surface area contributed by atoms with E-state index in [9.17, 15) is 9.90 Å². The normalized spacial score (nSPS) is 23.1. The molecule has 2 N–H and O–H groups in total. The van der Waals surface area contributed by atoms with Gasteiger partial charge in [0.05, 0.1) is 22.7 Å². The fraction of sp³-hybridized carbons (Fsp3) is 0.417. The Hall–Kier alpha value is -0.970. The van der Waals surface area contributed by atoms with Gasteiger partial charge in [-0.2, -0.15) is 0 Å². The van der Waals surface area contributed by atoms with Crippen LogP contribution >= 0.6 is 23.2 Å². The Kier molecular flexibility index (Phi) is 3.71. The number of phenolic OH excluding ortho intramolecular Hbond substituents is 1. The molecule has 1 aromatic rings. The van der Waals surface area contributed by atoms with E-state index in [1.165, 1.54) is 12.1 Å². The van der Waals surface area contributed by atoms with Gasteiger partial charge in [-0.05, 0) is 25.5 Å². The number of aromatic hydroxyl groups is 1. The summed E-state index contributed by atoms with van der Waals surface area (Å²) in [5, 5.41) is 13.0. The number of carbonyl (C=O) groups is 1. The number of hydrogen-bond donors (Lipinski definition) is 2. The fourth-order valence-corrected chi connectivity index (χ4v) is 2.46. The van der Waals surface area contributed by atoms with Crippen LogP contribution in [-0.2, 0) is 4.74 Å². The molecule has 6 heteroatoms. The SMILES string of the molecule is C[C@]1(NC(=O)c2c(O)cc(Cl)cc2Cl)CCOC1. The van der Waals surface area contributed by atoms with E-state index in [0.717, 1.165) is 6.42 Å². The summed E-state index contributed by atoms with van der Waals surface area (Å²) in [6.45, 7) is 2.95. The second-order valence-electron chi connectivity index (χ2n) is 4.60. The molecule has 1 heterocycles. The van der Waals surface area contributed by atoms with Crippen molar-refractivity contribution in [2.75, 3.05) is 13.2 Å². The minimum atomic E-state index is -0.429. The quantitative estimate of drug-likeness (QED) is 0.880. The largest absolute Gasteiger partial charge is 0.507 e. The van der Waals surface area contributed by atoms with Gasteiger partial charge in [-0.25, -0.2) is 0 Å². The Bertz CT molecular complexity index is 461. The van der Waals surface area contributed by atoms with Crippen molar-refractivity contribution in [1.82, 2.24) is 5.32 Å². The Morgan fingerprint density at radius 1 is 1.50 bits per heavy atom. The molecule has 18 heavy (non-hydrogen) atoms. The zero-order valence-corrected chi connectivity index (χ0v) is 11.3. The maximum Gasteiger partial charge on any atom is 0.257 e. The number of amides is 1. The molecule has 1 fully saturated rings. The third-order valence-corrected chi connectivity index (χ3v) is 3.41. The van der Waals surface area contributed by atoms with Gasteiger partial charge in [0.15, 0.2) is 0 Å². The lowest BCUT2D eigenvalue weighted by molar-refractivity contribution is 0.0887. The molecule has 0 bridgehead atoms. The molecule has 1 aliphatic heterocycles. The lowest BCUT2D eigenvalue weighted by Crippen LogP contribution is -2.46. The highest BCUT2D eigenvalue weighted by molar-refractivity contribution is 6.37. The highest BCUT2D eigenvalue weighted by Crippen LogP contribution is 2.30. The third-order valence-electron chi connectivity index (χ3n) is 2.90. The number of phenols is 1. The number of hydrogen-bond acceptors (Lipinski definition) is 3. The summed E-state index contributed by atoms with van der Waals surface area (Å²) in [6, 6.07) is 2.71. The van der Waals surface area contributed by atoms with E-state index in [4.69, 9.17) is 27.9 Å². The van der Waals surface area contributed by atoms with E-state index < -0.39 is 11.4 Å². The monoisotopic (exact) mass is 289 g/mol. The Labute approximate surface area is 115 Å². The number of carbonyl (C=O) groups excluding carboxylic acids is 1. The standard InChI is InChI=1S/C12H13Cl2NO3/c1-12(2-3-18-6-12)15-11(17)10-8(14)4-7(13)5-9(10)16/h4-5,16H,2-3,6H2,1H3,(H,15,17)/t12-/m0/s1. The number of benzene rings is 1. The first-order valence-electron chi connectivity index (χ1n) is 5.49. The molecule has 0 saturated carbocycles. The number of ether oxygens (including phenoxy) is 1. The molecule has 0 aliphatic carbocycles. The van der Waals surface area contributed by atoms with Crippen LogP contribution in [0.4, 0.5) is 0 Å². The first kappa shape index (κ1) is 13.5. The molecular formula is C12H13Cl2NO3. The van der Waals surface area contributed by atoms with E-state index >= 15 is 0 Å². The summed E-state index contributed by atoms with van der Waals surface area (Å²) < 4.78 is 5.25. The molecule has 1 amide bonds. The predicted molar refractivity (Wildman–Crippen MR) is 69.4 cm³/mol. The summed E-state index contributed by atoms with van der Waals surface area (Å²) in [5.74, 6) is -0.658. The molecule has 1 saturated heterocycles. The van der Waals surface area contributed by atoms with Gasteiger partial charge in [0.2, 0.25) is 0 Å². The molecule has 0 radical (unpaired) electrons. The van der Waals surface area contributed by atoms with E-state index in [1.807, 2.05) is 6.92 Å². The van der Waals surface area contributed by atoms with Crippen LogP contribution in [0.25, 0.3) is 0 Å². The zero-order chi connectivity index (χ0) is 13.3. The molecular weight excluding hydrogens is 277 g/mol.